The molecule has 2 fully saturated rings. The van der Waals surface area contributed by atoms with E-state index in [-0.39, 0.29) is 48.2 Å². The summed E-state index contributed by atoms with van der Waals surface area (Å²) in [5.41, 5.74) is 0.567. The molecule has 0 aliphatic carbocycles. The smallest absolute Gasteiger partial charge is 0.410 e. The van der Waals surface area contributed by atoms with E-state index in [0.717, 1.165) is 50.2 Å². The van der Waals surface area contributed by atoms with Crippen LogP contribution >= 0.6 is 24.0 Å². The molecule has 1 aromatic heterocycles. The summed E-state index contributed by atoms with van der Waals surface area (Å²) in [5, 5.41) is 6.93. The van der Waals surface area contributed by atoms with Crippen molar-refractivity contribution in [2.24, 2.45) is 4.99 Å². The van der Waals surface area contributed by atoms with Gasteiger partial charge in [-0.2, -0.15) is 0 Å². The highest BCUT2D eigenvalue weighted by Gasteiger charge is 2.45. The number of pyridine rings is 1. The fourth-order valence-electron chi connectivity index (χ4n) is 4.39. The number of guanidine groups is 1. The largest absolute Gasteiger partial charge is 0.478 e. The topological polar surface area (TPSA) is 88.1 Å². The second kappa shape index (κ2) is 12.6. The Kier molecular flexibility index (Phi) is 10.5. The van der Waals surface area contributed by atoms with E-state index in [1.54, 1.807) is 0 Å². The molecule has 0 spiro atoms. The molecule has 8 nitrogen and oxygen atoms in total. The molecule has 2 aliphatic rings. The van der Waals surface area contributed by atoms with E-state index in [1.807, 2.05) is 44.0 Å². The fraction of sp³-hybridized carbons (Fsp3) is 0.708. The SMILES string of the molecule is CCCOc1ccc(CN=C(NCC)NC2CC3CCC(C2)N3C(=O)OC(C)(C)C)cn1.I. The van der Waals surface area contributed by atoms with Crippen molar-refractivity contribution in [2.75, 3.05) is 13.2 Å². The number of amides is 1. The minimum absolute atomic E-state index is 0. The normalized spacial score (nSPS) is 22.4. The number of fused-ring (bicyclic) bond motifs is 2. The summed E-state index contributed by atoms with van der Waals surface area (Å²) < 4.78 is 11.2. The number of hydrogen-bond acceptors (Lipinski definition) is 5. The maximum atomic E-state index is 12.7. The average molecular weight is 574 g/mol. The molecule has 1 amide bonds. The molecule has 2 aliphatic heterocycles. The van der Waals surface area contributed by atoms with Crippen molar-refractivity contribution >= 4 is 36.0 Å². The fourth-order valence-corrected chi connectivity index (χ4v) is 4.39. The number of rotatable bonds is 7. The summed E-state index contributed by atoms with van der Waals surface area (Å²) in [4.78, 5) is 23.8. The zero-order valence-electron chi connectivity index (χ0n) is 20.6. The molecule has 3 rings (SSSR count). The van der Waals surface area contributed by atoms with Crippen molar-refractivity contribution in [1.29, 1.82) is 0 Å². The Morgan fingerprint density at radius 1 is 1.21 bits per heavy atom. The number of aliphatic imine (C=N–C) groups is 1. The zero-order valence-corrected chi connectivity index (χ0v) is 22.9. The van der Waals surface area contributed by atoms with Gasteiger partial charge in [-0.25, -0.2) is 14.8 Å². The summed E-state index contributed by atoms with van der Waals surface area (Å²) in [7, 11) is 0. The number of aromatic nitrogens is 1. The van der Waals surface area contributed by atoms with E-state index in [2.05, 4.69) is 29.5 Å². The quantitative estimate of drug-likeness (QED) is 0.284. The molecule has 2 saturated heterocycles. The van der Waals surface area contributed by atoms with Crippen LogP contribution in [-0.4, -0.2) is 58.8 Å². The first-order valence-corrected chi connectivity index (χ1v) is 11.9. The number of nitrogens with one attached hydrogen (secondary N) is 2. The monoisotopic (exact) mass is 573 g/mol. The van der Waals surface area contributed by atoms with Crippen LogP contribution in [0.2, 0.25) is 0 Å². The standard InChI is InChI=1S/C24H39N5O3.HI/c1-6-12-31-21-11-8-17(15-26-21)16-27-22(25-7-2)28-18-13-19-9-10-20(14-18)29(19)23(30)32-24(3,4)5;/h8,11,15,18-20H,6-7,9-10,12-14,16H2,1-5H3,(H2,25,27,28);1H. The van der Waals surface area contributed by atoms with Crippen LogP contribution in [0, 0.1) is 0 Å². The first-order valence-electron chi connectivity index (χ1n) is 11.9. The maximum Gasteiger partial charge on any atom is 0.410 e. The molecule has 2 atom stereocenters. The molecule has 0 aromatic carbocycles. The van der Waals surface area contributed by atoms with Crippen molar-refractivity contribution < 1.29 is 14.3 Å². The number of halogens is 1. The number of ether oxygens (including phenoxy) is 2. The Hall–Kier alpha value is -1.78. The van der Waals surface area contributed by atoms with Gasteiger partial charge in [-0.05, 0) is 65.4 Å². The molecule has 3 heterocycles. The summed E-state index contributed by atoms with van der Waals surface area (Å²) in [6.45, 7) is 11.9. The Morgan fingerprint density at radius 2 is 1.91 bits per heavy atom. The van der Waals surface area contributed by atoms with Crippen molar-refractivity contribution in [3.8, 4) is 5.88 Å². The summed E-state index contributed by atoms with van der Waals surface area (Å²) in [6, 6.07) is 4.63. The molecule has 33 heavy (non-hydrogen) atoms. The zero-order chi connectivity index (χ0) is 23.1. The lowest BCUT2D eigenvalue weighted by Crippen LogP contribution is -2.55. The van der Waals surface area contributed by atoms with Crippen LogP contribution < -0.4 is 15.4 Å². The third-order valence-electron chi connectivity index (χ3n) is 5.69. The van der Waals surface area contributed by atoms with Gasteiger partial charge in [0.1, 0.15) is 5.60 Å². The highest BCUT2D eigenvalue weighted by Crippen LogP contribution is 2.36. The Balaban J connectivity index is 0.00000385. The lowest BCUT2D eigenvalue weighted by atomic mass is 9.98. The summed E-state index contributed by atoms with van der Waals surface area (Å²) >= 11 is 0. The van der Waals surface area contributed by atoms with E-state index in [4.69, 9.17) is 14.5 Å². The second-order valence-electron chi connectivity index (χ2n) is 9.63. The van der Waals surface area contributed by atoms with Gasteiger partial charge in [0, 0.05) is 36.9 Å². The lowest BCUT2D eigenvalue weighted by Gasteiger charge is -2.40. The minimum atomic E-state index is -0.467. The number of hydrogen-bond donors (Lipinski definition) is 2. The lowest BCUT2D eigenvalue weighted by molar-refractivity contribution is 0.00545. The van der Waals surface area contributed by atoms with Crippen LogP contribution in [0.15, 0.2) is 23.3 Å². The van der Waals surface area contributed by atoms with Crippen LogP contribution in [-0.2, 0) is 11.3 Å². The first kappa shape index (κ1) is 27.5. The molecule has 9 heteroatoms. The second-order valence-corrected chi connectivity index (χ2v) is 9.63. The molecular weight excluding hydrogens is 533 g/mol. The van der Waals surface area contributed by atoms with Gasteiger partial charge >= 0.3 is 6.09 Å². The highest BCUT2D eigenvalue weighted by molar-refractivity contribution is 14.0. The molecule has 2 bridgehead atoms. The molecular formula is C24H40IN5O3. The number of nitrogens with zero attached hydrogens (tertiary/aromatic N) is 3. The molecule has 2 N–H and O–H groups in total. The van der Waals surface area contributed by atoms with Gasteiger partial charge in [-0.3, -0.25) is 0 Å². The van der Waals surface area contributed by atoms with Gasteiger partial charge in [-0.15, -0.1) is 24.0 Å². The predicted octanol–water partition coefficient (Wildman–Crippen LogP) is 4.47. The Morgan fingerprint density at radius 3 is 2.45 bits per heavy atom. The van der Waals surface area contributed by atoms with Crippen LogP contribution in [0.1, 0.15) is 72.3 Å². The van der Waals surface area contributed by atoms with Crippen molar-refractivity contribution in [2.45, 2.75) is 97.0 Å². The summed E-state index contributed by atoms with van der Waals surface area (Å²) in [6.07, 6.45) is 6.49. The van der Waals surface area contributed by atoms with Crippen LogP contribution in [0.5, 0.6) is 5.88 Å². The van der Waals surface area contributed by atoms with Gasteiger partial charge in [0.15, 0.2) is 5.96 Å². The van der Waals surface area contributed by atoms with Crippen LogP contribution in [0.3, 0.4) is 0 Å². The van der Waals surface area contributed by atoms with Crippen LogP contribution in [0.4, 0.5) is 4.79 Å². The number of piperidine rings is 1. The van der Waals surface area contributed by atoms with Crippen molar-refractivity contribution in [1.82, 2.24) is 20.5 Å². The summed E-state index contributed by atoms with van der Waals surface area (Å²) in [5.74, 6) is 1.45. The van der Waals surface area contributed by atoms with Gasteiger partial charge in [0.05, 0.1) is 13.2 Å². The average Bonchev–Trinajstić information content (AvgIpc) is 3.01. The van der Waals surface area contributed by atoms with E-state index in [1.165, 1.54) is 0 Å². The van der Waals surface area contributed by atoms with E-state index < -0.39 is 5.60 Å². The van der Waals surface area contributed by atoms with E-state index >= 15 is 0 Å². The Bertz CT molecular complexity index is 767. The van der Waals surface area contributed by atoms with E-state index in [9.17, 15) is 4.79 Å². The minimum Gasteiger partial charge on any atom is -0.478 e. The van der Waals surface area contributed by atoms with Crippen molar-refractivity contribution in [3.05, 3.63) is 23.9 Å². The maximum absolute atomic E-state index is 12.7. The van der Waals surface area contributed by atoms with Gasteiger partial charge in [-0.1, -0.05) is 13.0 Å². The van der Waals surface area contributed by atoms with Gasteiger partial charge in [0.25, 0.3) is 0 Å². The number of carbonyl (C=O) groups excluding carboxylic acids is 1. The Labute approximate surface area is 215 Å². The molecule has 0 radical (unpaired) electrons. The van der Waals surface area contributed by atoms with Crippen LogP contribution in [0.25, 0.3) is 0 Å². The molecule has 1 aromatic rings. The molecule has 2 unspecified atom stereocenters. The van der Waals surface area contributed by atoms with Gasteiger partial charge in [0.2, 0.25) is 5.88 Å². The van der Waals surface area contributed by atoms with E-state index in [0.29, 0.717) is 19.0 Å². The predicted molar refractivity (Wildman–Crippen MR) is 141 cm³/mol. The third-order valence-corrected chi connectivity index (χ3v) is 5.69. The van der Waals surface area contributed by atoms with Crippen molar-refractivity contribution in [3.63, 3.8) is 0 Å². The number of carbonyl (C=O) groups is 1. The van der Waals surface area contributed by atoms with Gasteiger partial charge < -0.3 is 25.0 Å². The highest BCUT2D eigenvalue weighted by atomic mass is 127. The third kappa shape index (κ3) is 8.19. The molecule has 186 valence electrons. The molecule has 0 saturated carbocycles. The first-order chi connectivity index (χ1) is 15.3.